The van der Waals surface area contributed by atoms with Crippen molar-refractivity contribution in [3.8, 4) is 0 Å². The predicted octanol–water partition coefficient (Wildman–Crippen LogP) is 4.23. The molecule has 1 fully saturated rings. The number of nitrogens with zero attached hydrogens (tertiary/aromatic N) is 1. The third-order valence-electron chi connectivity index (χ3n) is 3.76. The Morgan fingerprint density at radius 2 is 1.93 bits per heavy atom. The van der Waals surface area contributed by atoms with Crippen LogP contribution in [0.25, 0.3) is 0 Å². The van der Waals surface area contributed by atoms with Crippen LogP contribution in [0, 0.1) is 11.6 Å². The Morgan fingerprint density at radius 3 is 2.62 bits per heavy atom. The van der Waals surface area contributed by atoms with E-state index in [2.05, 4.69) is 15.6 Å². The van der Waals surface area contributed by atoms with Crippen LogP contribution in [0.1, 0.15) is 12.0 Å². The summed E-state index contributed by atoms with van der Waals surface area (Å²) in [5, 5.41) is 3.76. The molecular formula is C18H12F5N3O2S. The van der Waals surface area contributed by atoms with Crippen molar-refractivity contribution in [2.45, 2.75) is 17.8 Å². The fourth-order valence-electron chi connectivity index (χ4n) is 2.42. The SMILES string of the molecule is O=C(C[C@H]1SC(=Nc2cccc(C(F)(F)F)c2)NC1=O)Nc1ccc(F)cc1F. The van der Waals surface area contributed by atoms with Crippen molar-refractivity contribution in [3.05, 3.63) is 59.7 Å². The standard InChI is InChI=1S/C18H12F5N3O2S/c19-10-4-5-13(12(20)7-10)25-15(27)8-14-16(28)26-17(29-14)24-11-3-1-2-9(6-11)18(21,22)23/h1-7,14H,8H2,(H,25,27)(H,24,26,28)/t14-/m1/s1. The number of thioether (sulfide) groups is 1. The third-order valence-corrected chi connectivity index (χ3v) is 4.84. The van der Waals surface area contributed by atoms with Crippen LogP contribution in [0.15, 0.2) is 47.5 Å². The molecule has 3 rings (SSSR count). The number of hydrogen-bond acceptors (Lipinski definition) is 4. The lowest BCUT2D eigenvalue weighted by molar-refractivity contribution is -0.137. The predicted molar refractivity (Wildman–Crippen MR) is 97.7 cm³/mol. The number of aliphatic imine (C=N–C) groups is 1. The van der Waals surface area contributed by atoms with Crippen molar-refractivity contribution in [1.29, 1.82) is 0 Å². The van der Waals surface area contributed by atoms with Crippen LogP contribution in [-0.2, 0) is 15.8 Å². The van der Waals surface area contributed by atoms with E-state index >= 15 is 0 Å². The van der Waals surface area contributed by atoms with E-state index < -0.39 is 40.4 Å². The van der Waals surface area contributed by atoms with Gasteiger partial charge in [0.1, 0.15) is 16.9 Å². The number of hydrogen-bond donors (Lipinski definition) is 2. The van der Waals surface area contributed by atoms with Crippen molar-refractivity contribution in [2.75, 3.05) is 5.32 Å². The summed E-state index contributed by atoms with van der Waals surface area (Å²) in [6.07, 6.45) is -4.87. The van der Waals surface area contributed by atoms with Crippen molar-refractivity contribution < 1.29 is 31.5 Å². The highest BCUT2D eigenvalue weighted by molar-refractivity contribution is 8.15. The first-order valence-electron chi connectivity index (χ1n) is 8.10. The van der Waals surface area contributed by atoms with Gasteiger partial charge in [0.2, 0.25) is 11.8 Å². The van der Waals surface area contributed by atoms with Gasteiger partial charge in [-0.15, -0.1) is 0 Å². The van der Waals surface area contributed by atoms with E-state index in [1.165, 1.54) is 12.1 Å². The van der Waals surface area contributed by atoms with Crippen LogP contribution in [-0.4, -0.2) is 22.2 Å². The second-order valence-corrected chi connectivity index (χ2v) is 7.13. The molecule has 11 heteroatoms. The summed E-state index contributed by atoms with van der Waals surface area (Å²) in [5.41, 5.74) is -1.13. The van der Waals surface area contributed by atoms with E-state index in [0.717, 1.165) is 36.0 Å². The maximum absolute atomic E-state index is 13.6. The normalized spacial score (nSPS) is 18.0. The molecule has 2 amide bonds. The number of carbonyl (C=O) groups excluding carboxylic acids is 2. The largest absolute Gasteiger partial charge is 0.416 e. The molecular weight excluding hydrogens is 417 g/mol. The molecule has 0 aromatic heterocycles. The Kier molecular flexibility index (Phi) is 5.87. The van der Waals surface area contributed by atoms with Crippen LogP contribution in [0.4, 0.5) is 33.3 Å². The number of benzene rings is 2. The Labute approximate surface area is 165 Å². The van der Waals surface area contributed by atoms with Crippen LogP contribution < -0.4 is 10.6 Å². The molecule has 0 radical (unpaired) electrons. The van der Waals surface area contributed by atoms with Gasteiger partial charge in [0.25, 0.3) is 0 Å². The van der Waals surface area contributed by atoms with Gasteiger partial charge in [-0.3, -0.25) is 9.59 Å². The molecule has 1 saturated heterocycles. The molecule has 2 aromatic carbocycles. The lowest BCUT2D eigenvalue weighted by Gasteiger charge is -2.08. The van der Waals surface area contributed by atoms with Gasteiger partial charge >= 0.3 is 6.18 Å². The van der Waals surface area contributed by atoms with Gasteiger partial charge in [-0.2, -0.15) is 13.2 Å². The molecule has 0 bridgehead atoms. The molecule has 0 spiro atoms. The molecule has 29 heavy (non-hydrogen) atoms. The van der Waals surface area contributed by atoms with Crippen LogP contribution in [0.3, 0.4) is 0 Å². The van der Waals surface area contributed by atoms with Gasteiger partial charge in [-0.1, -0.05) is 17.8 Å². The van der Waals surface area contributed by atoms with Crippen molar-refractivity contribution >= 4 is 40.1 Å². The number of nitrogens with one attached hydrogen (secondary N) is 2. The highest BCUT2D eigenvalue weighted by Gasteiger charge is 2.33. The summed E-state index contributed by atoms with van der Waals surface area (Å²) in [6.45, 7) is 0. The summed E-state index contributed by atoms with van der Waals surface area (Å²) in [4.78, 5) is 28.0. The topological polar surface area (TPSA) is 70.6 Å². The Morgan fingerprint density at radius 1 is 1.17 bits per heavy atom. The van der Waals surface area contributed by atoms with Crippen molar-refractivity contribution in [1.82, 2.24) is 5.32 Å². The van der Waals surface area contributed by atoms with Gasteiger partial charge in [0.15, 0.2) is 5.17 Å². The average molecular weight is 429 g/mol. The second kappa shape index (κ2) is 8.19. The maximum atomic E-state index is 13.6. The van der Waals surface area contributed by atoms with E-state index in [4.69, 9.17) is 0 Å². The lowest BCUT2D eigenvalue weighted by atomic mass is 10.2. The molecule has 2 aromatic rings. The van der Waals surface area contributed by atoms with Gasteiger partial charge in [-0.25, -0.2) is 13.8 Å². The molecule has 1 heterocycles. The van der Waals surface area contributed by atoms with Crippen LogP contribution >= 0.6 is 11.8 Å². The fourth-order valence-corrected chi connectivity index (χ4v) is 3.41. The van der Waals surface area contributed by atoms with E-state index in [1.54, 1.807) is 0 Å². The average Bonchev–Trinajstić information content (AvgIpc) is 2.96. The summed E-state index contributed by atoms with van der Waals surface area (Å²) >= 11 is 0.866. The first-order chi connectivity index (χ1) is 13.6. The number of alkyl halides is 3. The van der Waals surface area contributed by atoms with Gasteiger partial charge in [0, 0.05) is 12.5 Å². The number of amidine groups is 1. The molecule has 1 aliphatic heterocycles. The zero-order valence-corrected chi connectivity index (χ0v) is 15.2. The number of halogens is 5. The number of carbonyl (C=O) groups is 2. The van der Waals surface area contributed by atoms with Crippen molar-refractivity contribution in [3.63, 3.8) is 0 Å². The quantitative estimate of drug-likeness (QED) is 0.715. The summed E-state index contributed by atoms with van der Waals surface area (Å²) < 4.78 is 64.8. The summed E-state index contributed by atoms with van der Waals surface area (Å²) in [6, 6.07) is 6.87. The molecule has 0 unspecified atom stereocenters. The maximum Gasteiger partial charge on any atom is 0.416 e. The van der Waals surface area contributed by atoms with Crippen molar-refractivity contribution in [2.24, 2.45) is 4.99 Å². The smallest absolute Gasteiger partial charge is 0.324 e. The van der Waals surface area contributed by atoms with E-state index in [1.807, 2.05) is 0 Å². The molecule has 0 saturated carbocycles. The second-order valence-electron chi connectivity index (χ2n) is 5.94. The zero-order valence-electron chi connectivity index (χ0n) is 14.4. The number of amides is 2. The monoisotopic (exact) mass is 429 g/mol. The van der Waals surface area contributed by atoms with Crippen LogP contribution in [0.5, 0.6) is 0 Å². The summed E-state index contributed by atoms with van der Waals surface area (Å²) in [5.74, 6) is -3.02. The van der Waals surface area contributed by atoms with Gasteiger partial charge < -0.3 is 10.6 Å². The Balaban J connectivity index is 1.65. The molecule has 5 nitrogen and oxygen atoms in total. The lowest BCUT2D eigenvalue weighted by Crippen LogP contribution is -2.28. The Hall–Kier alpha value is -2.95. The highest BCUT2D eigenvalue weighted by atomic mass is 32.2. The van der Waals surface area contributed by atoms with Crippen LogP contribution in [0.2, 0.25) is 0 Å². The molecule has 152 valence electrons. The van der Waals surface area contributed by atoms with E-state index in [-0.39, 0.29) is 23.0 Å². The molecule has 0 aliphatic carbocycles. The molecule has 2 N–H and O–H groups in total. The van der Waals surface area contributed by atoms with Gasteiger partial charge in [-0.05, 0) is 30.3 Å². The minimum Gasteiger partial charge on any atom is -0.324 e. The number of rotatable bonds is 4. The Bertz CT molecular complexity index is 994. The minimum atomic E-state index is -4.53. The minimum absolute atomic E-state index is 0.0129. The highest BCUT2D eigenvalue weighted by Crippen LogP contribution is 2.32. The first-order valence-corrected chi connectivity index (χ1v) is 8.98. The number of anilines is 1. The third kappa shape index (κ3) is 5.31. The van der Waals surface area contributed by atoms with Gasteiger partial charge in [0.05, 0.1) is 16.9 Å². The summed E-state index contributed by atoms with van der Waals surface area (Å²) in [7, 11) is 0. The molecule has 1 aliphatic rings. The fraction of sp³-hybridized carbons (Fsp3) is 0.167. The van der Waals surface area contributed by atoms with E-state index in [0.29, 0.717) is 6.07 Å². The zero-order chi connectivity index (χ0) is 21.2. The first kappa shape index (κ1) is 20.8. The van der Waals surface area contributed by atoms with E-state index in [9.17, 15) is 31.5 Å². The molecule has 1 atom stereocenters.